The predicted molar refractivity (Wildman–Crippen MR) is 84.1 cm³/mol. The van der Waals surface area contributed by atoms with E-state index < -0.39 is 10.0 Å². The molecule has 1 rings (SSSR count). The van der Waals surface area contributed by atoms with Gasteiger partial charge in [0, 0.05) is 4.47 Å². The molecule has 0 spiro atoms. The maximum absolute atomic E-state index is 11.9. The average Bonchev–Trinajstić information content (AvgIpc) is 2.33. The summed E-state index contributed by atoms with van der Waals surface area (Å²) in [5.74, 6) is 0.135. The summed E-state index contributed by atoms with van der Waals surface area (Å²) in [6.45, 7) is 5.62. The van der Waals surface area contributed by atoms with Gasteiger partial charge in [-0.2, -0.15) is 0 Å². The quantitative estimate of drug-likeness (QED) is 0.710. The Kier molecular flexibility index (Phi) is 6.82. The summed E-state index contributed by atoms with van der Waals surface area (Å²) in [5, 5.41) is 3.19. The lowest BCUT2D eigenvalue weighted by atomic mass is 10.2. The highest BCUT2D eigenvalue weighted by atomic mass is 79.9. The molecule has 0 aliphatic heterocycles. The standard InChI is InChI=1S/C13H21BrN2O2S/c1-3-7-15-8-4-9-19(17,18)16-13-10-12(14)6-5-11(13)2/h5-6,10,15-16H,3-4,7-9H2,1-2H3. The zero-order valence-corrected chi connectivity index (χ0v) is 13.8. The van der Waals surface area contributed by atoms with Crippen LogP contribution in [0, 0.1) is 6.92 Å². The predicted octanol–water partition coefficient (Wildman–Crippen LogP) is 2.89. The minimum atomic E-state index is -3.27. The molecule has 2 N–H and O–H groups in total. The van der Waals surface area contributed by atoms with Crippen molar-refractivity contribution in [1.82, 2.24) is 5.32 Å². The van der Waals surface area contributed by atoms with Crippen LogP contribution in [0.15, 0.2) is 22.7 Å². The molecule has 0 aliphatic rings. The number of sulfonamides is 1. The number of benzene rings is 1. The molecule has 0 fully saturated rings. The maximum Gasteiger partial charge on any atom is 0.232 e. The fraction of sp³-hybridized carbons (Fsp3) is 0.538. The normalized spacial score (nSPS) is 11.5. The lowest BCUT2D eigenvalue weighted by Gasteiger charge is -2.11. The second-order valence-corrected chi connectivity index (χ2v) is 7.24. The summed E-state index contributed by atoms with van der Waals surface area (Å²) in [6.07, 6.45) is 1.67. The van der Waals surface area contributed by atoms with Crippen molar-refractivity contribution in [1.29, 1.82) is 0 Å². The smallest absolute Gasteiger partial charge is 0.232 e. The van der Waals surface area contributed by atoms with Crippen LogP contribution < -0.4 is 10.0 Å². The van der Waals surface area contributed by atoms with Crippen molar-refractivity contribution in [2.45, 2.75) is 26.7 Å². The first-order valence-electron chi connectivity index (χ1n) is 6.42. The van der Waals surface area contributed by atoms with Gasteiger partial charge in [-0.1, -0.05) is 28.9 Å². The van der Waals surface area contributed by atoms with Gasteiger partial charge in [0.1, 0.15) is 0 Å². The van der Waals surface area contributed by atoms with Crippen molar-refractivity contribution < 1.29 is 8.42 Å². The molecule has 108 valence electrons. The molecule has 0 amide bonds. The van der Waals surface area contributed by atoms with Gasteiger partial charge in [0.2, 0.25) is 10.0 Å². The number of rotatable bonds is 8. The average molecular weight is 349 g/mol. The Bertz CT molecular complexity index is 503. The number of aryl methyl sites for hydroxylation is 1. The van der Waals surface area contributed by atoms with E-state index in [1.807, 2.05) is 19.1 Å². The topological polar surface area (TPSA) is 58.2 Å². The zero-order valence-electron chi connectivity index (χ0n) is 11.4. The Hall–Kier alpha value is -0.590. The molecular formula is C13H21BrN2O2S. The van der Waals surface area contributed by atoms with E-state index in [1.165, 1.54) is 0 Å². The van der Waals surface area contributed by atoms with Gasteiger partial charge >= 0.3 is 0 Å². The molecule has 0 heterocycles. The zero-order chi connectivity index (χ0) is 14.3. The SMILES string of the molecule is CCCNCCCS(=O)(=O)Nc1cc(Br)ccc1C. The van der Waals surface area contributed by atoms with Crippen LogP contribution in [-0.2, 0) is 10.0 Å². The highest BCUT2D eigenvalue weighted by molar-refractivity contribution is 9.10. The van der Waals surface area contributed by atoms with Crippen molar-refractivity contribution in [2.24, 2.45) is 0 Å². The molecule has 1 aromatic rings. The monoisotopic (exact) mass is 348 g/mol. The van der Waals surface area contributed by atoms with E-state index in [0.29, 0.717) is 12.1 Å². The van der Waals surface area contributed by atoms with Crippen LogP contribution in [-0.4, -0.2) is 27.3 Å². The fourth-order valence-electron chi connectivity index (χ4n) is 1.61. The third kappa shape index (κ3) is 6.40. The highest BCUT2D eigenvalue weighted by Gasteiger charge is 2.11. The Morgan fingerprint density at radius 3 is 2.68 bits per heavy atom. The molecule has 0 unspecified atom stereocenters. The minimum Gasteiger partial charge on any atom is -0.317 e. The second-order valence-electron chi connectivity index (χ2n) is 4.48. The molecule has 19 heavy (non-hydrogen) atoms. The first-order valence-corrected chi connectivity index (χ1v) is 8.86. The van der Waals surface area contributed by atoms with Crippen LogP contribution >= 0.6 is 15.9 Å². The lowest BCUT2D eigenvalue weighted by molar-refractivity contribution is 0.593. The first-order chi connectivity index (χ1) is 8.94. The molecule has 0 saturated carbocycles. The van der Waals surface area contributed by atoms with E-state index in [-0.39, 0.29) is 5.75 Å². The molecule has 0 aromatic heterocycles. The fourth-order valence-corrected chi connectivity index (χ4v) is 3.15. The van der Waals surface area contributed by atoms with Crippen molar-refractivity contribution >= 4 is 31.6 Å². The molecule has 0 radical (unpaired) electrons. The molecule has 0 aliphatic carbocycles. The molecular weight excluding hydrogens is 328 g/mol. The second kappa shape index (κ2) is 7.87. The van der Waals surface area contributed by atoms with Gasteiger partial charge in [0.15, 0.2) is 0 Å². The molecule has 6 heteroatoms. The van der Waals surface area contributed by atoms with Crippen LogP contribution in [0.3, 0.4) is 0 Å². The summed E-state index contributed by atoms with van der Waals surface area (Å²) >= 11 is 3.34. The Balaban J connectivity index is 2.52. The van der Waals surface area contributed by atoms with Gasteiger partial charge in [-0.25, -0.2) is 8.42 Å². The number of hydrogen-bond donors (Lipinski definition) is 2. The van der Waals surface area contributed by atoms with Gasteiger partial charge in [-0.15, -0.1) is 0 Å². The number of halogens is 1. The molecule has 1 aromatic carbocycles. The van der Waals surface area contributed by atoms with Crippen molar-refractivity contribution in [3.05, 3.63) is 28.2 Å². The van der Waals surface area contributed by atoms with Crippen LogP contribution in [0.2, 0.25) is 0 Å². The highest BCUT2D eigenvalue weighted by Crippen LogP contribution is 2.21. The van der Waals surface area contributed by atoms with E-state index >= 15 is 0 Å². The Labute approximate surface area is 124 Å². The summed E-state index contributed by atoms with van der Waals surface area (Å²) < 4.78 is 27.4. The van der Waals surface area contributed by atoms with Gasteiger partial charge in [0.05, 0.1) is 11.4 Å². The first kappa shape index (κ1) is 16.5. The van der Waals surface area contributed by atoms with Crippen molar-refractivity contribution in [2.75, 3.05) is 23.6 Å². The van der Waals surface area contributed by atoms with Crippen LogP contribution in [0.1, 0.15) is 25.3 Å². The van der Waals surface area contributed by atoms with Crippen LogP contribution in [0.25, 0.3) is 0 Å². The minimum absolute atomic E-state index is 0.135. The Morgan fingerprint density at radius 2 is 2.00 bits per heavy atom. The van der Waals surface area contributed by atoms with Crippen LogP contribution in [0.4, 0.5) is 5.69 Å². The summed E-state index contributed by atoms with van der Waals surface area (Å²) in [7, 11) is -3.27. The maximum atomic E-state index is 11.9. The van der Waals surface area contributed by atoms with Gasteiger partial charge in [-0.3, -0.25) is 4.72 Å². The molecule has 0 bridgehead atoms. The van der Waals surface area contributed by atoms with E-state index in [2.05, 4.69) is 32.9 Å². The number of hydrogen-bond acceptors (Lipinski definition) is 3. The van der Waals surface area contributed by atoms with Gasteiger partial charge < -0.3 is 5.32 Å². The third-order valence-electron chi connectivity index (χ3n) is 2.66. The van der Waals surface area contributed by atoms with Crippen molar-refractivity contribution in [3.63, 3.8) is 0 Å². The summed E-state index contributed by atoms with van der Waals surface area (Å²) in [4.78, 5) is 0. The number of anilines is 1. The summed E-state index contributed by atoms with van der Waals surface area (Å²) in [6, 6.07) is 5.55. The largest absolute Gasteiger partial charge is 0.317 e. The Morgan fingerprint density at radius 1 is 1.26 bits per heavy atom. The third-order valence-corrected chi connectivity index (χ3v) is 4.51. The van der Waals surface area contributed by atoms with Gasteiger partial charge in [0.25, 0.3) is 0 Å². The lowest BCUT2D eigenvalue weighted by Crippen LogP contribution is -2.22. The van der Waals surface area contributed by atoms with E-state index in [4.69, 9.17) is 0 Å². The van der Waals surface area contributed by atoms with E-state index in [0.717, 1.165) is 29.5 Å². The van der Waals surface area contributed by atoms with Crippen LogP contribution in [0.5, 0.6) is 0 Å². The number of nitrogens with one attached hydrogen (secondary N) is 2. The van der Waals surface area contributed by atoms with Crippen molar-refractivity contribution in [3.8, 4) is 0 Å². The molecule has 0 saturated heterocycles. The summed E-state index contributed by atoms with van der Waals surface area (Å²) in [5.41, 5.74) is 1.55. The van der Waals surface area contributed by atoms with E-state index in [1.54, 1.807) is 6.07 Å². The molecule has 4 nitrogen and oxygen atoms in total. The van der Waals surface area contributed by atoms with Gasteiger partial charge in [-0.05, 0) is 50.6 Å². The van der Waals surface area contributed by atoms with E-state index in [9.17, 15) is 8.42 Å². The molecule has 0 atom stereocenters.